The lowest BCUT2D eigenvalue weighted by atomic mass is 9.90. The maximum atomic E-state index is 14.7. The van der Waals surface area contributed by atoms with Crippen molar-refractivity contribution in [1.29, 1.82) is 0 Å². The number of sulfone groups is 1. The molecule has 0 radical (unpaired) electrons. The fourth-order valence-electron chi connectivity index (χ4n) is 5.21. The molecule has 0 fully saturated rings. The molecule has 0 saturated heterocycles. The van der Waals surface area contributed by atoms with Crippen molar-refractivity contribution < 1.29 is 35.8 Å². The highest BCUT2D eigenvalue weighted by Gasteiger charge is 2.30. The largest absolute Gasteiger partial charge is 0.493 e. The van der Waals surface area contributed by atoms with Gasteiger partial charge in [-0.2, -0.15) is 13.2 Å². The first-order chi connectivity index (χ1) is 21.0. The summed E-state index contributed by atoms with van der Waals surface area (Å²) in [6.07, 6.45) is -3.21. The van der Waals surface area contributed by atoms with Crippen LogP contribution in [-0.2, 0) is 29.0 Å². The van der Waals surface area contributed by atoms with E-state index in [1.54, 1.807) is 6.07 Å². The Kier molecular flexibility index (Phi) is 11.2. The van der Waals surface area contributed by atoms with Gasteiger partial charge in [-0.15, -0.1) is 0 Å². The molecular weight excluding hydrogens is 594 g/mol. The summed E-state index contributed by atoms with van der Waals surface area (Å²) in [4.78, 5) is 1.83. The summed E-state index contributed by atoms with van der Waals surface area (Å²) in [7, 11) is -3.78. The molecule has 0 heterocycles. The van der Waals surface area contributed by atoms with Gasteiger partial charge in [0, 0.05) is 50.0 Å². The van der Waals surface area contributed by atoms with Crippen LogP contribution in [0.2, 0.25) is 0 Å². The molecule has 4 rings (SSSR count). The summed E-state index contributed by atoms with van der Waals surface area (Å²) in [6.45, 7) is 0.906. The van der Waals surface area contributed by atoms with E-state index in [0.29, 0.717) is 25.1 Å². The minimum Gasteiger partial charge on any atom is -0.493 e. The number of hydrogen-bond acceptors (Lipinski definition) is 5. The van der Waals surface area contributed by atoms with Crippen LogP contribution in [-0.4, -0.2) is 51.0 Å². The average molecular weight is 630 g/mol. The zero-order valence-electron chi connectivity index (χ0n) is 24.3. The van der Waals surface area contributed by atoms with Gasteiger partial charge in [-0.3, -0.25) is 4.90 Å². The van der Waals surface area contributed by atoms with Gasteiger partial charge in [0.2, 0.25) is 0 Å². The second-order valence-corrected chi connectivity index (χ2v) is 12.6. The molecule has 0 aliphatic heterocycles. The van der Waals surface area contributed by atoms with Gasteiger partial charge in [0.1, 0.15) is 11.6 Å². The summed E-state index contributed by atoms with van der Waals surface area (Å²) in [5.74, 6) is -0.799. The van der Waals surface area contributed by atoms with Crippen molar-refractivity contribution in [1.82, 2.24) is 4.90 Å². The molecule has 4 aromatic carbocycles. The highest BCUT2D eigenvalue weighted by Crippen LogP contribution is 2.31. The van der Waals surface area contributed by atoms with Crippen molar-refractivity contribution in [3.63, 3.8) is 0 Å². The average Bonchev–Trinajstić information content (AvgIpc) is 2.99. The van der Waals surface area contributed by atoms with Gasteiger partial charge in [-0.05, 0) is 41.7 Å². The van der Waals surface area contributed by atoms with E-state index in [0.717, 1.165) is 35.6 Å². The number of benzene rings is 4. The van der Waals surface area contributed by atoms with Gasteiger partial charge in [0.25, 0.3) is 0 Å². The van der Waals surface area contributed by atoms with E-state index in [4.69, 9.17) is 4.74 Å². The Balaban J connectivity index is 1.55. The Morgan fingerprint density at radius 2 is 1.52 bits per heavy atom. The van der Waals surface area contributed by atoms with Gasteiger partial charge >= 0.3 is 6.18 Å². The molecule has 234 valence electrons. The fourth-order valence-corrected chi connectivity index (χ4v) is 6.18. The summed E-state index contributed by atoms with van der Waals surface area (Å²) >= 11 is 0. The summed E-state index contributed by atoms with van der Waals surface area (Å²) in [5, 5.41) is 9.24. The Morgan fingerprint density at radius 1 is 0.886 bits per heavy atom. The van der Waals surface area contributed by atoms with Crippen LogP contribution >= 0.6 is 0 Å². The number of rotatable bonds is 14. The lowest BCUT2D eigenvalue weighted by Gasteiger charge is -2.29. The lowest BCUT2D eigenvalue weighted by molar-refractivity contribution is -0.137. The molecule has 0 aliphatic rings. The molecule has 44 heavy (non-hydrogen) atoms. The van der Waals surface area contributed by atoms with E-state index >= 15 is 0 Å². The topological polar surface area (TPSA) is 66.8 Å². The molecule has 0 aliphatic carbocycles. The van der Waals surface area contributed by atoms with Crippen LogP contribution < -0.4 is 4.74 Å². The van der Waals surface area contributed by atoms with Gasteiger partial charge < -0.3 is 9.84 Å². The zero-order valence-corrected chi connectivity index (χ0v) is 25.1. The maximum absolute atomic E-state index is 14.7. The van der Waals surface area contributed by atoms with Crippen LogP contribution in [0.5, 0.6) is 5.75 Å². The van der Waals surface area contributed by atoms with Crippen LogP contribution in [0.25, 0.3) is 0 Å². The molecule has 0 saturated carbocycles. The molecule has 0 aromatic heterocycles. The number of ether oxygens (including phenoxy) is 1. The molecule has 0 spiro atoms. The Labute approximate surface area is 255 Å². The molecule has 4 aromatic rings. The highest BCUT2D eigenvalue weighted by atomic mass is 32.2. The van der Waals surface area contributed by atoms with E-state index in [1.807, 2.05) is 60.7 Å². The molecule has 5 nitrogen and oxygen atoms in total. The van der Waals surface area contributed by atoms with E-state index in [1.165, 1.54) is 12.1 Å². The number of hydrogen-bond donors (Lipinski definition) is 1. The van der Waals surface area contributed by atoms with Crippen LogP contribution in [0, 0.1) is 5.82 Å². The minimum atomic E-state index is -4.46. The van der Waals surface area contributed by atoms with E-state index < -0.39 is 34.0 Å². The first-order valence-corrected chi connectivity index (χ1v) is 16.1. The third-order valence-corrected chi connectivity index (χ3v) is 8.45. The van der Waals surface area contributed by atoms with Crippen molar-refractivity contribution in [2.45, 2.75) is 36.4 Å². The Hall–Kier alpha value is -3.73. The normalized spacial score (nSPS) is 12.2. The predicted octanol–water partition coefficient (Wildman–Crippen LogP) is 6.89. The molecule has 0 amide bonds. The SMILES string of the molecule is CS(=O)(=O)c1cc(OCCCN(Cc2cccc(C(F)(F)F)c2)CC(c2ccccc2)c2ccccc2)cc(F)c1CCO. The zero-order chi connectivity index (χ0) is 31.7. The maximum Gasteiger partial charge on any atom is 0.416 e. The van der Waals surface area contributed by atoms with Gasteiger partial charge in [0.15, 0.2) is 9.84 Å². The van der Waals surface area contributed by atoms with E-state index in [9.17, 15) is 31.1 Å². The van der Waals surface area contributed by atoms with Crippen LogP contribution in [0.4, 0.5) is 17.6 Å². The van der Waals surface area contributed by atoms with E-state index in [-0.39, 0.29) is 41.7 Å². The highest BCUT2D eigenvalue weighted by molar-refractivity contribution is 7.90. The fraction of sp³-hybridized carbons (Fsp3) is 0.294. The monoisotopic (exact) mass is 629 g/mol. The summed E-state index contributed by atoms with van der Waals surface area (Å²) in [6, 6.07) is 27.4. The standard InChI is InChI=1S/C34H35F4NO4S/c1-44(41,42)33-22-29(21-32(35)30(33)16-18-40)43-19-9-17-39(23-25-10-8-15-28(20-25)34(36,37)38)24-31(26-11-4-2-5-12-26)27-13-6-3-7-14-27/h2-8,10-15,20-22,31,40H,9,16-19,23-24H2,1H3. The second kappa shape index (κ2) is 14.8. The molecule has 1 N–H and O–H groups in total. The molecule has 0 atom stereocenters. The van der Waals surface area contributed by atoms with Crippen LogP contribution in [0.15, 0.2) is 102 Å². The smallest absolute Gasteiger partial charge is 0.416 e. The summed E-state index contributed by atoms with van der Waals surface area (Å²) in [5.41, 5.74) is 1.84. The lowest BCUT2D eigenvalue weighted by Crippen LogP contribution is -2.31. The predicted molar refractivity (Wildman–Crippen MR) is 162 cm³/mol. The quantitative estimate of drug-likeness (QED) is 0.122. The van der Waals surface area contributed by atoms with Crippen molar-refractivity contribution >= 4 is 9.84 Å². The first-order valence-electron chi connectivity index (χ1n) is 14.2. The number of aliphatic hydroxyl groups excluding tert-OH is 1. The number of aliphatic hydroxyl groups is 1. The number of nitrogens with zero attached hydrogens (tertiary/aromatic N) is 1. The second-order valence-electron chi connectivity index (χ2n) is 10.6. The number of halogens is 4. The molecular formula is C34H35F4NO4S. The van der Waals surface area contributed by atoms with Crippen molar-refractivity contribution in [2.24, 2.45) is 0 Å². The van der Waals surface area contributed by atoms with Crippen LogP contribution in [0.1, 0.15) is 40.2 Å². The van der Waals surface area contributed by atoms with Crippen molar-refractivity contribution in [3.05, 3.63) is 131 Å². The first kappa shape index (κ1) is 33.2. The molecule has 0 bridgehead atoms. The Morgan fingerprint density at radius 3 is 2.09 bits per heavy atom. The van der Waals surface area contributed by atoms with Gasteiger partial charge in [-0.1, -0.05) is 78.9 Å². The molecule has 0 unspecified atom stereocenters. The Bertz CT molecular complexity index is 1570. The van der Waals surface area contributed by atoms with Gasteiger partial charge in [0.05, 0.1) is 17.1 Å². The van der Waals surface area contributed by atoms with Crippen LogP contribution in [0.3, 0.4) is 0 Å². The van der Waals surface area contributed by atoms with Crippen molar-refractivity contribution in [2.75, 3.05) is 32.6 Å². The molecule has 10 heteroatoms. The van der Waals surface area contributed by atoms with Crippen molar-refractivity contribution in [3.8, 4) is 5.75 Å². The van der Waals surface area contributed by atoms with E-state index in [2.05, 4.69) is 4.90 Å². The third kappa shape index (κ3) is 9.14. The number of alkyl halides is 3. The minimum absolute atomic E-state index is 0.0421. The third-order valence-electron chi connectivity index (χ3n) is 7.28. The summed E-state index contributed by atoms with van der Waals surface area (Å²) < 4.78 is 85.4. The van der Waals surface area contributed by atoms with Gasteiger partial charge in [-0.25, -0.2) is 12.8 Å².